The Bertz CT molecular complexity index is 1230. The third-order valence-corrected chi connectivity index (χ3v) is 8.02. The van der Waals surface area contributed by atoms with Gasteiger partial charge in [0, 0.05) is 39.2 Å². The van der Waals surface area contributed by atoms with E-state index in [1.165, 1.54) is 0 Å². The van der Waals surface area contributed by atoms with Gasteiger partial charge in [-0.2, -0.15) is 0 Å². The molecule has 9 nitrogen and oxygen atoms in total. The Labute approximate surface area is 231 Å². The predicted molar refractivity (Wildman–Crippen MR) is 147 cm³/mol. The van der Waals surface area contributed by atoms with E-state index in [2.05, 4.69) is 0 Å². The Morgan fingerprint density at radius 3 is 2.56 bits per heavy atom. The average molecular weight is 561 g/mol. The second kappa shape index (κ2) is 13.1. The summed E-state index contributed by atoms with van der Waals surface area (Å²) in [6.45, 7) is 6.83. The van der Waals surface area contributed by atoms with Gasteiger partial charge in [-0.05, 0) is 61.4 Å². The molecule has 1 saturated heterocycles. The summed E-state index contributed by atoms with van der Waals surface area (Å²) in [4.78, 5) is 14.4. The molecule has 0 spiro atoms. The zero-order chi connectivity index (χ0) is 27.9. The highest BCUT2D eigenvalue weighted by Gasteiger charge is 2.33. The zero-order valence-electron chi connectivity index (χ0n) is 22.9. The minimum absolute atomic E-state index is 0.205. The summed E-state index contributed by atoms with van der Waals surface area (Å²) in [5.74, 6) is 0.176. The summed E-state index contributed by atoms with van der Waals surface area (Å²) in [5, 5.41) is 5.29. The number of carbonyl (C=O) groups excluding carboxylic acids is 1. The lowest BCUT2D eigenvalue weighted by molar-refractivity contribution is -0.180. The van der Waals surface area contributed by atoms with Crippen molar-refractivity contribution in [2.45, 2.75) is 82.2 Å². The molecule has 2 aromatic carbocycles. The number of sulfonamides is 1. The van der Waals surface area contributed by atoms with Crippen molar-refractivity contribution >= 4 is 16.1 Å². The maximum absolute atomic E-state index is 12.4. The first-order valence-corrected chi connectivity index (χ1v) is 15.3. The number of nitrogens with two attached hydrogens (primary N) is 1. The molecule has 0 radical (unpaired) electrons. The monoisotopic (exact) mass is 560 g/mol. The maximum atomic E-state index is 12.4. The van der Waals surface area contributed by atoms with Crippen LogP contribution in [-0.2, 0) is 37.3 Å². The minimum Gasteiger partial charge on any atom is -0.463 e. The minimum atomic E-state index is -3.69. The van der Waals surface area contributed by atoms with E-state index < -0.39 is 15.8 Å². The van der Waals surface area contributed by atoms with Crippen molar-refractivity contribution < 1.29 is 32.2 Å². The summed E-state index contributed by atoms with van der Waals surface area (Å²) < 4.78 is 46.3. The number of fused-ring (bicyclic) bond motifs is 1. The topological polar surface area (TPSA) is 117 Å². The standard InChI is InChI=1S/C29H40N2O7S/c1-29(2)36-21-24-19-23(14-15-25(24)38-29)26-20-31(28(32)37-26)16-8-3-4-9-17-35-18-10-7-12-22-11-5-6-13-27(22)39(30,33)34/h5-6,11,13-15,19,26H,3-4,7-10,12,16-18,20-21H2,1-2H3,(H2,30,33,34)/t26-/m0/s1. The lowest BCUT2D eigenvalue weighted by Crippen LogP contribution is -2.35. The number of amides is 1. The molecule has 1 atom stereocenters. The summed E-state index contributed by atoms with van der Waals surface area (Å²) in [6, 6.07) is 12.8. The molecule has 2 aliphatic rings. The molecule has 2 aromatic rings. The zero-order valence-corrected chi connectivity index (χ0v) is 23.7. The van der Waals surface area contributed by atoms with Crippen molar-refractivity contribution in [3.8, 4) is 5.75 Å². The number of nitrogens with zero attached hydrogens (tertiary/aromatic N) is 1. The SMILES string of the molecule is CC1(C)OCc2cc([C@@H]3CN(CCCCCCOCCCCc4ccccc4S(N)(=O)=O)C(=O)O3)ccc2O1. The summed E-state index contributed by atoms with van der Waals surface area (Å²) in [7, 11) is -3.69. The van der Waals surface area contributed by atoms with E-state index in [1.807, 2.05) is 44.2 Å². The number of hydrogen-bond donors (Lipinski definition) is 1. The second-order valence-electron chi connectivity index (χ2n) is 10.6. The Kier molecular flexibility index (Phi) is 9.87. The molecule has 0 saturated carbocycles. The molecule has 0 bridgehead atoms. The Balaban J connectivity index is 1.05. The van der Waals surface area contributed by atoms with Gasteiger partial charge >= 0.3 is 6.09 Å². The van der Waals surface area contributed by atoms with Crippen LogP contribution in [0.5, 0.6) is 5.75 Å². The number of rotatable bonds is 14. The Hall–Kier alpha value is -2.66. The third kappa shape index (κ3) is 8.41. The number of unbranched alkanes of at least 4 members (excludes halogenated alkanes) is 4. The molecular formula is C29H40N2O7S. The molecule has 39 heavy (non-hydrogen) atoms. The number of primary sulfonamides is 1. The van der Waals surface area contributed by atoms with Crippen molar-refractivity contribution in [1.82, 2.24) is 4.90 Å². The van der Waals surface area contributed by atoms with Gasteiger partial charge in [0.25, 0.3) is 0 Å². The largest absolute Gasteiger partial charge is 0.463 e. The lowest BCUT2D eigenvalue weighted by Gasteiger charge is -2.32. The van der Waals surface area contributed by atoms with Crippen LogP contribution in [0.1, 0.15) is 75.2 Å². The van der Waals surface area contributed by atoms with Gasteiger partial charge in [-0.25, -0.2) is 18.4 Å². The van der Waals surface area contributed by atoms with Crippen LogP contribution in [0.4, 0.5) is 4.79 Å². The molecule has 2 N–H and O–H groups in total. The van der Waals surface area contributed by atoms with Gasteiger partial charge in [0.1, 0.15) is 11.9 Å². The van der Waals surface area contributed by atoms with Crippen LogP contribution in [0, 0.1) is 0 Å². The highest BCUT2D eigenvalue weighted by Crippen LogP contribution is 2.35. The number of carbonyl (C=O) groups is 1. The molecular weight excluding hydrogens is 520 g/mol. The van der Waals surface area contributed by atoms with Crippen LogP contribution in [0.15, 0.2) is 47.4 Å². The molecule has 0 aromatic heterocycles. The first-order valence-electron chi connectivity index (χ1n) is 13.7. The van der Waals surface area contributed by atoms with Gasteiger partial charge in [0.05, 0.1) is 18.0 Å². The lowest BCUT2D eigenvalue weighted by atomic mass is 10.0. The van der Waals surface area contributed by atoms with Gasteiger partial charge in [-0.1, -0.05) is 37.1 Å². The molecule has 10 heteroatoms. The molecule has 1 amide bonds. The average Bonchev–Trinajstić information content (AvgIpc) is 3.26. The molecule has 4 rings (SSSR count). The number of aryl methyl sites for hydroxylation is 1. The van der Waals surface area contributed by atoms with Crippen LogP contribution < -0.4 is 9.88 Å². The van der Waals surface area contributed by atoms with Crippen molar-refractivity contribution in [2.24, 2.45) is 5.14 Å². The van der Waals surface area contributed by atoms with Gasteiger partial charge in [-0.15, -0.1) is 0 Å². The van der Waals surface area contributed by atoms with Crippen molar-refractivity contribution in [3.05, 3.63) is 59.2 Å². The maximum Gasteiger partial charge on any atom is 0.410 e. The van der Waals surface area contributed by atoms with E-state index in [1.54, 1.807) is 17.0 Å². The van der Waals surface area contributed by atoms with E-state index >= 15 is 0 Å². The summed E-state index contributed by atoms with van der Waals surface area (Å²) >= 11 is 0. The van der Waals surface area contributed by atoms with E-state index in [9.17, 15) is 13.2 Å². The first kappa shape index (κ1) is 29.3. The highest BCUT2D eigenvalue weighted by atomic mass is 32.2. The second-order valence-corrected chi connectivity index (χ2v) is 12.1. The van der Waals surface area contributed by atoms with Gasteiger partial charge in [-0.3, -0.25) is 0 Å². The van der Waals surface area contributed by atoms with E-state index in [4.69, 9.17) is 24.1 Å². The molecule has 214 valence electrons. The fraction of sp³-hybridized carbons (Fsp3) is 0.552. The molecule has 2 heterocycles. The highest BCUT2D eigenvalue weighted by molar-refractivity contribution is 7.89. The van der Waals surface area contributed by atoms with Crippen LogP contribution in [-0.4, -0.2) is 51.5 Å². The first-order chi connectivity index (χ1) is 18.6. The van der Waals surface area contributed by atoms with Gasteiger partial charge in [0.2, 0.25) is 15.8 Å². The van der Waals surface area contributed by atoms with Crippen LogP contribution in [0.25, 0.3) is 0 Å². The number of hydrogen-bond acceptors (Lipinski definition) is 7. The third-order valence-electron chi connectivity index (χ3n) is 7.01. The Morgan fingerprint density at radius 2 is 1.77 bits per heavy atom. The smallest absolute Gasteiger partial charge is 0.410 e. The van der Waals surface area contributed by atoms with E-state index in [-0.39, 0.29) is 17.1 Å². The van der Waals surface area contributed by atoms with E-state index in [0.717, 1.165) is 61.0 Å². The quantitative estimate of drug-likeness (QED) is 0.321. The van der Waals surface area contributed by atoms with Crippen LogP contribution >= 0.6 is 0 Å². The fourth-order valence-electron chi connectivity index (χ4n) is 4.89. The van der Waals surface area contributed by atoms with Crippen LogP contribution in [0.3, 0.4) is 0 Å². The normalized spacial score (nSPS) is 18.5. The predicted octanol–water partition coefficient (Wildman–Crippen LogP) is 5.07. The Morgan fingerprint density at radius 1 is 1.03 bits per heavy atom. The number of benzene rings is 2. The molecule has 1 fully saturated rings. The summed E-state index contributed by atoms with van der Waals surface area (Å²) in [5.41, 5.74) is 2.68. The van der Waals surface area contributed by atoms with Gasteiger partial charge in [0.15, 0.2) is 0 Å². The van der Waals surface area contributed by atoms with Crippen molar-refractivity contribution in [1.29, 1.82) is 0 Å². The van der Waals surface area contributed by atoms with Crippen molar-refractivity contribution in [3.63, 3.8) is 0 Å². The molecule has 2 aliphatic heterocycles. The number of ether oxygens (including phenoxy) is 4. The van der Waals surface area contributed by atoms with Crippen molar-refractivity contribution in [2.75, 3.05) is 26.3 Å². The molecule has 0 aliphatic carbocycles. The fourth-order valence-corrected chi connectivity index (χ4v) is 5.70. The molecule has 0 unspecified atom stereocenters. The summed E-state index contributed by atoms with van der Waals surface area (Å²) in [6.07, 6.45) is 5.76. The van der Waals surface area contributed by atoms with Crippen LogP contribution in [0.2, 0.25) is 0 Å². The van der Waals surface area contributed by atoms with Gasteiger partial charge < -0.3 is 23.8 Å². The van der Waals surface area contributed by atoms with E-state index in [0.29, 0.717) is 39.3 Å². The number of cyclic esters (lactones) is 1.